The van der Waals surface area contributed by atoms with E-state index in [-0.39, 0.29) is 12.1 Å². The summed E-state index contributed by atoms with van der Waals surface area (Å²) >= 11 is 0. The Bertz CT molecular complexity index is 251. The van der Waals surface area contributed by atoms with Crippen LogP contribution in [0.2, 0.25) is 0 Å². The van der Waals surface area contributed by atoms with Crippen molar-refractivity contribution >= 4 is 0 Å². The Kier molecular flexibility index (Phi) is 5.63. The average Bonchev–Trinajstić information content (AvgIpc) is 2.55. The van der Waals surface area contributed by atoms with Crippen LogP contribution in [0.25, 0.3) is 0 Å². The average molecular weight is 256 g/mol. The Morgan fingerprint density at radius 1 is 1.28 bits per heavy atom. The molecule has 0 bridgehead atoms. The van der Waals surface area contributed by atoms with Crippen LogP contribution in [0.4, 0.5) is 0 Å². The molecular formula is C15H32N2O. The highest BCUT2D eigenvalue weighted by Gasteiger charge is 2.47. The Labute approximate surface area is 113 Å². The lowest BCUT2D eigenvalue weighted by Crippen LogP contribution is -2.53. The van der Waals surface area contributed by atoms with Crippen molar-refractivity contribution in [3.05, 3.63) is 0 Å². The summed E-state index contributed by atoms with van der Waals surface area (Å²) in [5.41, 5.74) is 0.293. The largest absolute Gasteiger partial charge is 0.394 e. The first-order valence-corrected chi connectivity index (χ1v) is 7.47. The van der Waals surface area contributed by atoms with Crippen LogP contribution in [0.5, 0.6) is 0 Å². The zero-order valence-corrected chi connectivity index (χ0v) is 12.9. The third-order valence-electron chi connectivity index (χ3n) is 4.68. The number of hydrogen-bond acceptors (Lipinski definition) is 3. The summed E-state index contributed by atoms with van der Waals surface area (Å²) in [6.45, 7) is 15.8. The van der Waals surface area contributed by atoms with E-state index in [0.717, 1.165) is 32.6 Å². The normalized spacial score (nSPS) is 31.2. The molecule has 2 unspecified atom stereocenters. The molecular weight excluding hydrogens is 224 g/mol. The van der Waals surface area contributed by atoms with Gasteiger partial charge in [-0.05, 0) is 37.3 Å². The Balaban J connectivity index is 2.51. The molecule has 2 atom stereocenters. The van der Waals surface area contributed by atoms with Gasteiger partial charge >= 0.3 is 0 Å². The van der Waals surface area contributed by atoms with Gasteiger partial charge in [0.05, 0.1) is 6.61 Å². The van der Waals surface area contributed by atoms with Crippen LogP contribution < -0.4 is 5.32 Å². The van der Waals surface area contributed by atoms with Crippen molar-refractivity contribution in [3.63, 3.8) is 0 Å². The highest BCUT2D eigenvalue weighted by atomic mass is 16.3. The highest BCUT2D eigenvalue weighted by Crippen LogP contribution is 2.47. The molecule has 0 aliphatic heterocycles. The molecule has 108 valence electrons. The van der Waals surface area contributed by atoms with Crippen molar-refractivity contribution in [2.75, 3.05) is 32.8 Å². The van der Waals surface area contributed by atoms with Gasteiger partial charge in [-0.25, -0.2) is 0 Å². The standard InChI is InChI=1S/C15H32N2O/c1-6-17(7-2)9-8-16-15(12-18)11-14(4,5)10-13(15)3/h13,16,18H,6-12H2,1-5H3. The number of hydrogen-bond donors (Lipinski definition) is 2. The molecule has 2 N–H and O–H groups in total. The zero-order valence-electron chi connectivity index (χ0n) is 12.9. The monoisotopic (exact) mass is 256 g/mol. The van der Waals surface area contributed by atoms with Crippen molar-refractivity contribution in [2.45, 2.75) is 53.0 Å². The third kappa shape index (κ3) is 3.69. The maximum absolute atomic E-state index is 9.82. The van der Waals surface area contributed by atoms with E-state index >= 15 is 0 Å². The maximum Gasteiger partial charge on any atom is 0.0616 e. The first kappa shape index (κ1) is 15.9. The van der Waals surface area contributed by atoms with Crippen molar-refractivity contribution in [2.24, 2.45) is 11.3 Å². The number of likely N-dealkylation sites (N-methyl/N-ethyl adjacent to an activating group) is 1. The van der Waals surface area contributed by atoms with Crippen LogP contribution in [-0.4, -0.2) is 48.3 Å². The summed E-state index contributed by atoms with van der Waals surface area (Å²) in [7, 11) is 0. The fourth-order valence-corrected chi connectivity index (χ4v) is 3.63. The molecule has 3 nitrogen and oxygen atoms in total. The van der Waals surface area contributed by atoms with Crippen LogP contribution in [0.3, 0.4) is 0 Å². The van der Waals surface area contributed by atoms with Gasteiger partial charge in [-0.2, -0.15) is 0 Å². The summed E-state index contributed by atoms with van der Waals surface area (Å²) in [5.74, 6) is 0.550. The number of aliphatic hydroxyl groups excluding tert-OH is 1. The molecule has 0 amide bonds. The van der Waals surface area contributed by atoms with Gasteiger partial charge < -0.3 is 15.3 Å². The van der Waals surface area contributed by atoms with Crippen molar-refractivity contribution in [1.29, 1.82) is 0 Å². The van der Waals surface area contributed by atoms with Crippen LogP contribution in [0.15, 0.2) is 0 Å². The lowest BCUT2D eigenvalue weighted by Gasteiger charge is -2.35. The van der Waals surface area contributed by atoms with Gasteiger partial charge in [-0.15, -0.1) is 0 Å². The molecule has 0 saturated heterocycles. The summed E-state index contributed by atoms with van der Waals surface area (Å²) in [6.07, 6.45) is 2.28. The fraction of sp³-hybridized carbons (Fsp3) is 1.00. The molecule has 1 aliphatic rings. The second-order valence-corrected chi connectivity index (χ2v) is 6.71. The van der Waals surface area contributed by atoms with Crippen LogP contribution in [0.1, 0.15) is 47.5 Å². The molecule has 3 heteroatoms. The minimum absolute atomic E-state index is 0.0589. The van der Waals surface area contributed by atoms with E-state index in [1.165, 1.54) is 6.42 Å². The molecule has 1 saturated carbocycles. The van der Waals surface area contributed by atoms with E-state index in [2.05, 4.69) is 44.8 Å². The first-order valence-electron chi connectivity index (χ1n) is 7.47. The molecule has 0 aromatic carbocycles. The first-order chi connectivity index (χ1) is 8.39. The summed E-state index contributed by atoms with van der Waals surface area (Å²) in [4.78, 5) is 2.42. The summed E-state index contributed by atoms with van der Waals surface area (Å²) in [6, 6.07) is 0. The molecule has 0 aromatic rings. The van der Waals surface area contributed by atoms with Gasteiger partial charge in [0.15, 0.2) is 0 Å². The number of nitrogens with zero attached hydrogens (tertiary/aromatic N) is 1. The van der Waals surface area contributed by atoms with E-state index in [1.54, 1.807) is 0 Å². The van der Waals surface area contributed by atoms with Gasteiger partial charge in [0.1, 0.15) is 0 Å². The Hall–Kier alpha value is -0.120. The summed E-state index contributed by atoms with van der Waals surface area (Å²) < 4.78 is 0. The van der Waals surface area contributed by atoms with Gasteiger partial charge in [0.2, 0.25) is 0 Å². The third-order valence-corrected chi connectivity index (χ3v) is 4.68. The molecule has 0 radical (unpaired) electrons. The molecule has 0 aromatic heterocycles. The fourth-order valence-electron chi connectivity index (χ4n) is 3.63. The van der Waals surface area contributed by atoms with Crippen LogP contribution in [0, 0.1) is 11.3 Å². The summed E-state index contributed by atoms with van der Waals surface area (Å²) in [5, 5.41) is 13.5. The van der Waals surface area contributed by atoms with Gasteiger partial charge in [0, 0.05) is 18.6 Å². The molecule has 1 fully saturated rings. The minimum atomic E-state index is -0.0589. The number of nitrogens with one attached hydrogen (secondary N) is 1. The van der Waals surface area contributed by atoms with E-state index in [9.17, 15) is 5.11 Å². The van der Waals surface area contributed by atoms with E-state index < -0.39 is 0 Å². The lowest BCUT2D eigenvalue weighted by molar-refractivity contribution is 0.121. The molecule has 1 rings (SSSR count). The van der Waals surface area contributed by atoms with Crippen LogP contribution >= 0.6 is 0 Å². The predicted molar refractivity (Wildman–Crippen MR) is 77.8 cm³/mol. The molecule has 0 spiro atoms. The van der Waals surface area contributed by atoms with E-state index in [0.29, 0.717) is 11.3 Å². The lowest BCUT2D eigenvalue weighted by atomic mass is 9.87. The quantitative estimate of drug-likeness (QED) is 0.732. The number of aliphatic hydroxyl groups is 1. The molecule has 18 heavy (non-hydrogen) atoms. The maximum atomic E-state index is 9.82. The topological polar surface area (TPSA) is 35.5 Å². The van der Waals surface area contributed by atoms with E-state index in [1.807, 2.05) is 0 Å². The zero-order chi connectivity index (χ0) is 13.8. The van der Waals surface area contributed by atoms with Crippen molar-refractivity contribution < 1.29 is 5.11 Å². The second-order valence-electron chi connectivity index (χ2n) is 6.71. The molecule has 1 aliphatic carbocycles. The van der Waals surface area contributed by atoms with Crippen molar-refractivity contribution in [3.8, 4) is 0 Å². The minimum Gasteiger partial charge on any atom is -0.394 e. The second kappa shape index (κ2) is 6.36. The van der Waals surface area contributed by atoms with Gasteiger partial charge in [0.25, 0.3) is 0 Å². The van der Waals surface area contributed by atoms with Gasteiger partial charge in [-0.3, -0.25) is 0 Å². The number of rotatable bonds is 7. The molecule has 0 heterocycles. The van der Waals surface area contributed by atoms with E-state index in [4.69, 9.17) is 0 Å². The van der Waals surface area contributed by atoms with Crippen LogP contribution in [-0.2, 0) is 0 Å². The van der Waals surface area contributed by atoms with Gasteiger partial charge in [-0.1, -0.05) is 34.6 Å². The van der Waals surface area contributed by atoms with Crippen molar-refractivity contribution in [1.82, 2.24) is 10.2 Å². The Morgan fingerprint density at radius 2 is 1.89 bits per heavy atom. The SMILES string of the molecule is CCN(CC)CCNC1(CO)CC(C)(C)CC1C. The Morgan fingerprint density at radius 3 is 2.28 bits per heavy atom. The predicted octanol–water partition coefficient (Wildman–Crippen LogP) is 2.10. The smallest absolute Gasteiger partial charge is 0.0616 e. The highest BCUT2D eigenvalue weighted by molar-refractivity contribution is 5.03.